The Bertz CT molecular complexity index is 2030. The third kappa shape index (κ3) is 8.07. The van der Waals surface area contributed by atoms with E-state index >= 15 is 0 Å². The molecule has 48 heavy (non-hydrogen) atoms. The van der Waals surface area contributed by atoms with Crippen molar-refractivity contribution in [3.63, 3.8) is 0 Å². The monoisotopic (exact) mass is 718 g/mol. The molecule has 2 atom stereocenters. The number of hydrogen-bond donors (Lipinski definition) is 4. The van der Waals surface area contributed by atoms with Gasteiger partial charge in [-0.25, -0.2) is 18.2 Å². The molecule has 2 amide bonds. The van der Waals surface area contributed by atoms with Gasteiger partial charge in [0.2, 0.25) is 17.2 Å². The molecule has 0 aromatic carbocycles. The van der Waals surface area contributed by atoms with Crippen molar-refractivity contribution in [2.75, 3.05) is 18.0 Å². The van der Waals surface area contributed by atoms with Crippen LogP contribution in [0.3, 0.4) is 0 Å². The number of pyridine rings is 1. The summed E-state index contributed by atoms with van der Waals surface area (Å²) in [6.45, 7) is 2.69. The number of Topliss-reactive ketones (excluding diaryl/α,β-unsaturated/α-hetero) is 1. The third-order valence-corrected chi connectivity index (χ3v) is 8.67. The minimum absolute atomic E-state index is 0. The van der Waals surface area contributed by atoms with Crippen molar-refractivity contribution < 1.29 is 77.3 Å². The first-order chi connectivity index (χ1) is 21.8. The van der Waals surface area contributed by atoms with E-state index in [9.17, 15) is 52.5 Å². The number of carboxylic acid groups (broad SMARTS) is 1. The van der Waals surface area contributed by atoms with Gasteiger partial charge in [0.1, 0.15) is 5.69 Å². The maximum atomic E-state index is 13.1. The van der Waals surface area contributed by atoms with E-state index in [-0.39, 0.29) is 56.7 Å². The Morgan fingerprint density at radius 1 is 1.29 bits per heavy atom. The minimum atomic E-state index is -4.88. The number of aromatic hydroxyl groups is 1. The number of carbonyl (C=O) groups is 4. The molecule has 0 spiro atoms. The second kappa shape index (κ2) is 14.5. The first-order valence-electron chi connectivity index (χ1n) is 13.4. The zero-order valence-electron chi connectivity index (χ0n) is 25.8. The van der Waals surface area contributed by atoms with Gasteiger partial charge in [0, 0.05) is 30.6 Å². The van der Waals surface area contributed by atoms with Crippen LogP contribution in [0.4, 0.5) is 5.13 Å². The van der Waals surface area contributed by atoms with Crippen LogP contribution >= 0.6 is 11.3 Å². The zero-order chi connectivity index (χ0) is 35.0. The Morgan fingerprint density at radius 2 is 1.96 bits per heavy atom. The number of aliphatic hydroxyl groups excluding tert-OH is 1. The molecule has 0 bridgehead atoms. The third-order valence-electron chi connectivity index (χ3n) is 6.62. The number of oxime groups is 1. The average Bonchev–Trinajstić information content (AvgIpc) is 3.54. The van der Waals surface area contributed by atoms with Gasteiger partial charge in [-0.15, -0.1) is 20.5 Å². The first-order valence-corrected chi connectivity index (χ1v) is 15.9. The van der Waals surface area contributed by atoms with Gasteiger partial charge in [0.05, 0.1) is 30.2 Å². The number of aromatic amines is 1. The summed E-state index contributed by atoms with van der Waals surface area (Å²) in [5, 5.41) is 39.4. The molecule has 5 N–H and O–H groups in total. The van der Waals surface area contributed by atoms with Gasteiger partial charge in [-0.2, -0.15) is 0 Å². The number of aromatic nitrogens is 5. The topological polar surface area (TPSA) is 302 Å². The first kappa shape index (κ1) is 38.2. The van der Waals surface area contributed by atoms with Crippen molar-refractivity contribution in [1.82, 2.24) is 28.6 Å². The molecule has 0 unspecified atom stereocenters. The van der Waals surface area contributed by atoms with Crippen LogP contribution < -0.4 is 51.5 Å². The maximum Gasteiger partial charge on any atom is 1.00 e. The number of nitrogens with one attached hydrogen (secondary N) is 1. The molecule has 0 radical (unpaired) electrons. The minimum Gasteiger partial charge on any atom is -0.546 e. The standard InChI is InChI=1S/C25H28N8O12S2.Na/c1-11(34)7-32-20(13-5-15(35)17(37)6-27-13)29-33(24(32)42)47(43,44)10-18(38)31-8-12(21(31)39)4-16(36)19(14-9-46-23(26)28-14)30-45-25(2,3)22(40)41;/h5-6,9,11-12,34,37H,4,7-8,10H2,1-3H3,(H2,26,28)(H,27,35)(H,40,41);/q;+1/p-1/b30-19-;/t11-,12-;/m0./s1. The van der Waals surface area contributed by atoms with Gasteiger partial charge >= 0.3 is 35.2 Å². The zero-order valence-corrected chi connectivity index (χ0v) is 29.4. The quantitative estimate of drug-likeness (QED) is 0.0553. The van der Waals surface area contributed by atoms with E-state index in [1.54, 1.807) is 0 Å². The average molecular weight is 719 g/mol. The van der Waals surface area contributed by atoms with Gasteiger partial charge in [0.15, 0.2) is 39.6 Å². The predicted molar refractivity (Wildman–Crippen MR) is 158 cm³/mol. The number of nitrogens with zero attached hydrogens (tertiary/aromatic N) is 6. The Morgan fingerprint density at radius 3 is 2.50 bits per heavy atom. The number of nitrogens with two attached hydrogens (primary N) is 1. The number of aliphatic carboxylic acids is 1. The van der Waals surface area contributed by atoms with Crippen LogP contribution in [0, 0.1) is 5.92 Å². The number of hydrogen-bond acceptors (Lipinski definition) is 17. The molecular formula is C25H27N8NaO12S2. The number of rotatable bonds is 13. The number of anilines is 1. The van der Waals surface area contributed by atoms with Crippen molar-refractivity contribution in [3.05, 3.63) is 44.0 Å². The molecule has 20 nitrogen and oxygen atoms in total. The summed E-state index contributed by atoms with van der Waals surface area (Å²) < 4.78 is 27.0. The molecule has 4 heterocycles. The number of nitrogen functional groups attached to an aromatic ring is 1. The van der Waals surface area contributed by atoms with E-state index in [1.165, 1.54) is 12.3 Å². The molecule has 252 valence electrons. The second-order valence-corrected chi connectivity index (χ2v) is 13.5. The van der Waals surface area contributed by atoms with E-state index in [0.717, 1.165) is 42.0 Å². The summed E-state index contributed by atoms with van der Waals surface area (Å²) in [6.07, 6.45) is -0.843. The second-order valence-electron chi connectivity index (χ2n) is 10.8. The van der Waals surface area contributed by atoms with E-state index in [4.69, 9.17) is 10.6 Å². The number of imide groups is 1. The summed E-state index contributed by atoms with van der Waals surface area (Å²) in [5.74, 6) is -8.18. The number of carbonyl (C=O) groups excluding carboxylic acids is 4. The Labute approximate surface area is 296 Å². The van der Waals surface area contributed by atoms with Gasteiger partial charge in [-0.3, -0.25) is 28.6 Å². The summed E-state index contributed by atoms with van der Waals surface area (Å²) >= 11 is 0.946. The number of likely N-dealkylation sites (tertiary alicyclic amines) is 1. The molecule has 1 aliphatic rings. The number of H-pyrrole nitrogens is 1. The number of amides is 2. The van der Waals surface area contributed by atoms with Crippen LogP contribution in [0.1, 0.15) is 32.9 Å². The molecule has 1 aliphatic heterocycles. The maximum absolute atomic E-state index is 13.1. The molecule has 23 heteroatoms. The Kier molecular flexibility index (Phi) is 11.5. The number of ketones is 1. The van der Waals surface area contributed by atoms with Crippen LogP contribution in [-0.2, 0) is 40.6 Å². The van der Waals surface area contributed by atoms with Crippen LogP contribution in [0.5, 0.6) is 5.75 Å². The summed E-state index contributed by atoms with van der Waals surface area (Å²) in [6, 6.07) is 0.841. The number of thiazole rings is 1. The van der Waals surface area contributed by atoms with Gasteiger partial charge in [0.25, 0.3) is 10.0 Å². The molecule has 4 rings (SSSR count). The SMILES string of the molecule is C[C@H](O)Cn1c(-c2cc(=O)c(O)c[nH]2)nn(S(=O)(=O)CC(=O)N2C[C@H](CC(=O)/C(=N\OC(C)(C)C(=O)[O-])c3csc(N)n3)C2=O)c1=O.[Na+]. The van der Waals surface area contributed by atoms with E-state index in [2.05, 4.69) is 20.2 Å². The number of β-lactam (4-membered cyclic amide) rings is 1. The van der Waals surface area contributed by atoms with Gasteiger partial charge in [-0.05, 0) is 20.8 Å². The van der Waals surface area contributed by atoms with E-state index in [0.29, 0.717) is 4.90 Å². The summed E-state index contributed by atoms with van der Waals surface area (Å²) in [5.41, 5.74) is 0.806. The Hall–Kier alpha value is -4.22. The van der Waals surface area contributed by atoms with Crippen molar-refractivity contribution in [1.29, 1.82) is 0 Å². The largest absolute Gasteiger partial charge is 1.00 e. The molecule has 0 aliphatic carbocycles. The van der Waals surface area contributed by atoms with Crippen LogP contribution in [-0.4, -0.2) is 101 Å². The van der Waals surface area contributed by atoms with E-state index in [1.807, 2.05) is 0 Å². The van der Waals surface area contributed by atoms with Crippen molar-refractivity contribution in [2.45, 2.75) is 45.4 Å². The molecule has 3 aromatic rings. The molecule has 3 aromatic heterocycles. The van der Waals surface area contributed by atoms with Crippen molar-refractivity contribution in [3.8, 4) is 17.3 Å². The molecular weight excluding hydrogens is 691 g/mol. The van der Waals surface area contributed by atoms with Crippen LogP contribution in [0.2, 0.25) is 0 Å². The molecule has 1 fully saturated rings. The van der Waals surface area contributed by atoms with Crippen molar-refractivity contribution >= 4 is 55.8 Å². The predicted octanol–water partition coefficient (Wildman–Crippen LogP) is -6.40. The van der Waals surface area contributed by atoms with Crippen molar-refractivity contribution in [2.24, 2.45) is 11.1 Å². The van der Waals surface area contributed by atoms with Gasteiger partial charge in [-0.1, -0.05) is 5.16 Å². The summed E-state index contributed by atoms with van der Waals surface area (Å²) in [7, 11) is -4.88. The fourth-order valence-corrected chi connectivity index (χ4v) is 5.78. The molecule has 1 saturated heterocycles. The fourth-order valence-electron chi connectivity index (χ4n) is 4.10. The smallest absolute Gasteiger partial charge is 0.546 e. The van der Waals surface area contributed by atoms with Gasteiger partial charge < -0.3 is 35.7 Å². The Balaban J connectivity index is 0.00000625. The van der Waals surface area contributed by atoms with E-state index < -0.39 is 98.3 Å². The van der Waals surface area contributed by atoms with Crippen LogP contribution in [0.25, 0.3) is 11.5 Å². The van der Waals surface area contributed by atoms with Crippen LogP contribution in [0.15, 0.2) is 32.4 Å². The number of aliphatic hydroxyl groups is 1. The number of carboxylic acids is 1. The fraction of sp³-hybridized carbons (Fsp3) is 0.400. The summed E-state index contributed by atoms with van der Waals surface area (Å²) in [4.78, 5) is 86.9. The molecule has 0 saturated carbocycles. The normalized spacial score (nSPS) is 15.8.